The summed E-state index contributed by atoms with van der Waals surface area (Å²) < 4.78 is 11.9. The van der Waals surface area contributed by atoms with Gasteiger partial charge in [-0.2, -0.15) is 0 Å². The van der Waals surface area contributed by atoms with Crippen LogP contribution in [-0.2, 0) is 19.1 Å². The Morgan fingerprint density at radius 1 is 0.780 bits per heavy atom. The predicted molar refractivity (Wildman–Crippen MR) is 226 cm³/mol. The van der Waals surface area contributed by atoms with E-state index in [1.807, 2.05) is 56.3 Å². The highest BCUT2D eigenvalue weighted by Gasteiger charge is 2.38. The van der Waals surface area contributed by atoms with Crippen LogP contribution in [0.25, 0.3) is 41.7 Å². The van der Waals surface area contributed by atoms with Gasteiger partial charge in [0, 0.05) is 27.4 Å². The van der Waals surface area contributed by atoms with Gasteiger partial charge in [0.15, 0.2) is 0 Å². The van der Waals surface area contributed by atoms with Gasteiger partial charge in [-0.05, 0) is 47.6 Å². The minimum absolute atomic E-state index is 0.130. The van der Waals surface area contributed by atoms with E-state index in [1.165, 1.54) is 14.2 Å². The molecule has 0 bridgehead atoms. The fourth-order valence-electron chi connectivity index (χ4n) is 7.64. The van der Waals surface area contributed by atoms with Gasteiger partial charge in [0.2, 0.25) is 5.91 Å². The third kappa shape index (κ3) is 8.10. The molecule has 16 heteroatoms. The second kappa shape index (κ2) is 16.9. The third-order valence-corrected chi connectivity index (χ3v) is 13.1. The number of benzene rings is 2. The van der Waals surface area contributed by atoms with Gasteiger partial charge in [0.05, 0.1) is 48.9 Å². The van der Waals surface area contributed by atoms with E-state index in [4.69, 9.17) is 14.5 Å². The van der Waals surface area contributed by atoms with Crippen LogP contribution in [0.1, 0.15) is 62.0 Å². The highest BCUT2D eigenvalue weighted by atomic mass is 32.1. The maximum absolute atomic E-state index is 13.9. The normalized spacial score (nSPS) is 17.4. The summed E-state index contributed by atoms with van der Waals surface area (Å²) in [6.45, 7) is 4.75. The van der Waals surface area contributed by atoms with Gasteiger partial charge in [-0.3, -0.25) is 9.59 Å². The van der Waals surface area contributed by atoms with Crippen molar-refractivity contribution in [1.82, 2.24) is 40.4 Å². The summed E-state index contributed by atoms with van der Waals surface area (Å²) in [6, 6.07) is 19.7. The molecule has 1 fully saturated rings. The van der Waals surface area contributed by atoms with Crippen LogP contribution >= 0.6 is 22.7 Å². The van der Waals surface area contributed by atoms with Crippen LogP contribution < -0.4 is 10.6 Å². The van der Waals surface area contributed by atoms with Gasteiger partial charge in [-0.1, -0.05) is 80.6 Å². The zero-order valence-electron chi connectivity index (χ0n) is 32.9. The Balaban J connectivity index is 0.937. The molecule has 1 unspecified atom stereocenters. The number of H-pyrrole nitrogens is 2. The van der Waals surface area contributed by atoms with E-state index in [0.29, 0.717) is 30.3 Å². The monoisotopic (exact) mass is 832 g/mol. The highest BCUT2D eigenvalue weighted by molar-refractivity contribution is 7.31. The molecule has 0 aliphatic carbocycles. The number of likely N-dealkylation sites (tertiary alicyclic amines) is 1. The maximum Gasteiger partial charge on any atom is 0.407 e. The molecule has 1 saturated heterocycles. The molecule has 59 heavy (non-hydrogen) atoms. The second-order valence-electron chi connectivity index (χ2n) is 14.8. The van der Waals surface area contributed by atoms with Gasteiger partial charge in [-0.25, -0.2) is 19.6 Å². The number of imidazole rings is 2. The summed E-state index contributed by atoms with van der Waals surface area (Å²) in [5.74, 6) is 0.825. The first-order valence-electron chi connectivity index (χ1n) is 19.4. The van der Waals surface area contributed by atoms with Crippen molar-refractivity contribution in [2.75, 3.05) is 27.3 Å². The number of carbonyl (C=O) groups excluding carboxylic acids is 4. The Morgan fingerprint density at radius 2 is 1.42 bits per heavy atom. The number of amides is 4. The second-order valence-corrected chi connectivity index (χ2v) is 16.9. The van der Waals surface area contributed by atoms with Crippen LogP contribution in [-0.4, -0.2) is 87.1 Å². The Kier molecular flexibility index (Phi) is 11.3. The van der Waals surface area contributed by atoms with Crippen LogP contribution in [0.4, 0.5) is 9.59 Å². The molecular formula is C43H44N8O6S2. The average molecular weight is 833 g/mol. The molecule has 304 valence electrons. The van der Waals surface area contributed by atoms with Crippen LogP contribution in [0, 0.1) is 5.92 Å². The van der Waals surface area contributed by atoms with Crippen molar-refractivity contribution in [3.05, 3.63) is 108 Å². The number of rotatable bonds is 11. The number of aromatic amines is 2. The van der Waals surface area contributed by atoms with Crippen molar-refractivity contribution in [1.29, 1.82) is 0 Å². The fourth-order valence-corrected chi connectivity index (χ4v) is 10.0. The first-order valence-corrected chi connectivity index (χ1v) is 21.0. The molecule has 0 radical (unpaired) electrons. The van der Waals surface area contributed by atoms with E-state index in [9.17, 15) is 19.2 Å². The number of nitrogens with zero attached hydrogens (tertiary/aromatic N) is 4. The predicted octanol–water partition coefficient (Wildman–Crippen LogP) is 7.99. The molecule has 6 aromatic rings. The number of hydrogen-bond acceptors (Lipinski definition) is 10. The Labute approximate surface area is 348 Å². The number of thiophene rings is 2. The van der Waals surface area contributed by atoms with Crippen LogP contribution in [0.2, 0.25) is 0 Å². The van der Waals surface area contributed by atoms with Gasteiger partial charge >= 0.3 is 12.2 Å². The number of methoxy groups -OCH3 is 2. The molecule has 14 nitrogen and oxygen atoms in total. The van der Waals surface area contributed by atoms with Crippen molar-refractivity contribution in [2.45, 2.75) is 50.9 Å². The van der Waals surface area contributed by atoms with Gasteiger partial charge in [-0.15, -0.1) is 22.7 Å². The molecule has 4 atom stereocenters. The number of nitrogens with one attached hydrogen (secondary N) is 4. The topological polar surface area (TPSA) is 175 Å². The molecule has 0 saturated carbocycles. The van der Waals surface area contributed by atoms with Gasteiger partial charge < -0.3 is 39.9 Å². The lowest BCUT2D eigenvalue weighted by Crippen LogP contribution is -2.51. The van der Waals surface area contributed by atoms with E-state index >= 15 is 0 Å². The number of fused-ring (bicyclic) bond motifs is 1. The van der Waals surface area contributed by atoms with Gasteiger partial charge in [0.25, 0.3) is 5.91 Å². The minimum atomic E-state index is -0.879. The lowest BCUT2D eigenvalue weighted by Gasteiger charge is -2.29. The fraction of sp³-hybridized carbons (Fsp3) is 0.302. The van der Waals surface area contributed by atoms with Gasteiger partial charge in [0.1, 0.15) is 29.8 Å². The van der Waals surface area contributed by atoms with Crippen molar-refractivity contribution in [2.24, 2.45) is 5.92 Å². The summed E-state index contributed by atoms with van der Waals surface area (Å²) in [4.78, 5) is 73.6. The Bertz CT molecular complexity index is 2470. The van der Waals surface area contributed by atoms with Crippen LogP contribution in [0.15, 0.2) is 91.3 Å². The van der Waals surface area contributed by atoms with E-state index < -0.39 is 24.3 Å². The van der Waals surface area contributed by atoms with Crippen molar-refractivity contribution < 1.29 is 28.7 Å². The quantitative estimate of drug-likeness (QED) is 0.0951. The largest absolute Gasteiger partial charge is 0.453 e. The molecule has 4 aromatic heterocycles. The number of ether oxygens (including phenoxy) is 2. The molecule has 4 N–H and O–H groups in total. The molecule has 4 amide bonds. The summed E-state index contributed by atoms with van der Waals surface area (Å²) in [5, 5.41) is 5.39. The van der Waals surface area contributed by atoms with Crippen molar-refractivity contribution in [3.8, 4) is 32.3 Å². The van der Waals surface area contributed by atoms with E-state index in [2.05, 4.69) is 62.0 Å². The summed E-state index contributed by atoms with van der Waals surface area (Å²) in [6.07, 6.45) is 7.76. The zero-order chi connectivity index (χ0) is 41.2. The number of hydrogen-bond donors (Lipinski definition) is 4. The highest BCUT2D eigenvalue weighted by Crippen LogP contribution is 2.42. The summed E-state index contributed by atoms with van der Waals surface area (Å²) in [5.41, 5.74) is 4.49. The maximum atomic E-state index is 13.9. The Morgan fingerprint density at radius 3 is 2.15 bits per heavy atom. The Hall–Kier alpha value is -6.26. The van der Waals surface area contributed by atoms with E-state index in [0.717, 1.165) is 54.5 Å². The standard InChI is InChI=1S/C43H44N8O6S2/c1-24(2)36(48-42(54)56-3)40(52)50-18-8-13-31(50)39-45-23-29(47-39)33-21-35-34(59-33)20-32(58-35)26-16-14-25(15-17-26)28-22-44-38(46-28)30-12-9-19-51(30)41(53)37(49-43(55)57-4)27-10-6-5-7-11-27/h5-8,10-11,13-17,20-24,30-31,36-37H,9,12,18-19H2,1-4H3,(H,44,46)(H,45,47)(H,48,54)(H,49,55)/t30-,31-,36?,37+/m0/s1. The van der Waals surface area contributed by atoms with Crippen LogP contribution in [0.3, 0.4) is 0 Å². The smallest absolute Gasteiger partial charge is 0.407 e. The summed E-state index contributed by atoms with van der Waals surface area (Å²) >= 11 is 3.40. The molecule has 2 aliphatic rings. The number of aromatic nitrogens is 4. The van der Waals surface area contributed by atoms with Crippen LogP contribution in [0.5, 0.6) is 0 Å². The van der Waals surface area contributed by atoms with E-state index in [1.54, 1.807) is 44.9 Å². The minimum Gasteiger partial charge on any atom is -0.453 e. The lowest BCUT2D eigenvalue weighted by atomic mass is 10.0. The molecular weight excluding hydrogens is 789 g/mol. The van der Waals surface area contributed by atoms with Crippen molar-refractivity contribution in [3.63, 3.8) is 0 Å². The SMILES string of the molecule is COC(=O)NC(C(=O)N1CC=C[C@H]1c1ncc(-c2cc3sc(-c4ccc(-c5cnc([C@@H]6CCCN6C(=O)[C@H](NC(=O)OC)c6ccccc6)[nH]5)cc4)cc3s2)[nH]1)C(C)C. The van der Waals surface area contributed by atoms with E-state index in [-0.39, 0.29) is 29.8 Å². The zero-order valence-corrected chi connectivity index (χ0v) is 34.6. The summed E-state index contributed by atoms with van der Waals surface area (Å²) in [7, 11) is 2.56. The molecule has 6 heterocycles. The number of alkyl carbamates (subject to hydrolysis) is 2. The molecule has 2 aromatic carbocycles. The molecule has 8 rings (SSSR count). The lowest BCUT2D eigenvalue weighted by molar-refractivity contribution is -0.135. The first kappa shape index (κ1) is 39.6. The van der Waals surface area contributed by atoms with Crippen molar-refractivity contribution >= 4 is 56.1 Å². The molecule has 2 aliphatic heterocycles. The first-order chi connectivity index (χ1) is 28.6. The third-order valence-electron chi connectivity index (χ3n) is 10.7. The number of carbonyl (C=O) groups is 4. The molecule has 0 spiro atoms. The average Bonchev–Trinajstić information content (AvgIpc) is 4.10.